The second-order valence-electron chi connectivity index (χ2n) is 6.57. The zero-order chi connectivity index (χ0) is 13.8. The molecule has 1 aliphatic heterocycles. The molecule has 1 rings (SSSR count). The van der Waals surface area contributed by atoms with Gasteiger partial charge in [-0.05, 0) is 36.5 Å². The van der Waals surface area contributed by atoms with Crippen LogP contribution in [0.2, 0.25) is 0 Å². The highest BCUT2D eigenvalue weighted by Gasteiger charge is 2.33. The summed E-state index contributed by atoms with van der Waals surface area (Å²) in [5, 5.41) is 0.986. The summed E-state index contributed by atoms with van der Waals surface area (Å²) in [5.41, 5.74) is 0.573. The summed E-state index contributed by atoms with van der Waals surface area (Å²) >= 11 is 3.64. The van der Waals surface area contributed by atoms with Crippen molar-refractivity contribution >= 4 is 21.8 Å². The van der Waals surface area contributed by atoms with Gasteiger partial charge < -0.3 is 4.90 Å². The summed E-state index contributed by atoms with van der Waals surface area (Å²) in [7, 11) is 0. The van der Waals surface area contributed by atoms with Gasteiger partial charge in [-0.25, -0.2) is 0 Å². The quantitative estimate of drug-likeness (QED) is 0.695. The lowest BCUT2D eigenvalue weighted by atomic mass is 9.83. The Bertz CT molecular complexity index is 276. The number of nitrogens with zero attached hydrogens (tertiary/aromatic N) is 1. The number of rotatable bonds is 5. The maximum atomic E-state index is 12.2. The van der Waals surface area contributed by atoms with Crippen LogP contribution in [0.5, 0.6) is 0 Å². The van der Waals surface area contributed by atoms with Crippen LogP contribution in [0.25, 0.3) is 0 Å². The van der Waals surface area contributed by atoms with Crippen LogP contribution in [0.3, 0.4) is 0 Å². The van der Waals surface area contributed by atoms with Gasteiger partial charge in [0.2, 0.25) is 5.91 Å². The number of alkyl halides is 1. The summed E-state index contributed by atoms with van der Waals surface area (Å²) in [4.78, 5) is 14.4. The molecule has 0 aromatic heterocycles. The predicted molar refractivity (Wildman–Crippen MR) is 81.0 cm³/mol. The van der Waals surface area contributed by atoms with E-state index in [2.05, 4.69) is 48.5 Å². The summed E-state index contributed by atoms with van der Waals surface area (Å²) in [5.74, 6) is 0.354. The van der Waals surface area contributed by atoms with Crippen LogP contribution in [0, 0.1) is 10.8 Å². The van der Waals surface area contributed by atoms with Gasteiger partial charge in [0.25, 0.3) is 0 Å². The number of hydrogen-bond acceptors (Lipinski definition) is 1. The van der Waals surface area contributed by atoms with Crippen molar-refractivity contribution < 1.29 is 4.79 Å². The van der Waals surface area contributed by atoms with E-state index in [-0.39, 0.29) is 5.41 Å². The van der Waals surface area contributed by atoms with Crippen molar-refractivity contribution in [2.24, 2.45) is 10.8 Å². The number of hydrogen-bond donors (Lipinski definition) is 0. The van der Waals surface area contributed by atoms with Gasteiger partial charge in [-0.15, -0.1) is 0 Å². The monoisotopic (exact) mass is 317 g/mol. The van der Waals surface area contributed by atoms with Gasteiger partial charge in [-0.1, -0.05) is 43.6 Å². The molecule has 0 aliphatic carbocycles. The second-order valence-corrected chi connectivity index (χ2v) is 7.13. The first-order chi connectivity index (χ1) is 8.38. The Labute approximate surface area is 121 Å². The van der Waals surface area contributed by atoms with E-state index in [9.17, 15) is 4.79 Å². The number of amides is 1. The van der Waals surface area contributed by atoms with Gasteiger partial charge in [-0.3, -0.25) is 4.79 Å². The summed E-state index contributed by atoms with van der Waals surface area (Å²) in [6.07, 6.45) is 5.13. The molecule has 18 heavy (non-hydrogen) atoms. The van der Waals surface area contributed by atoms with Crippen LogP contribution in [-0.4, -0.2) is 29.2 Å². The molecule has 0 bridgehead atoms. The third kappa shape index (κ3) is 3.97. The molecule has 0 atom stereocenters. The second kappa shape index (κ2) is 6.40. The van der Waals surface area contributed by atoms with E-state index >= 15 is 0 Å². The molecule has 106 valence electrons. The fourth-order valence-electron chi connectivity index (χ4n) is 2.57. The minimum absolute atomic E-state index is 0.254. The lowest BCUT2D eigenvalue weighted by molar-refractivity contribution is -0.132. The van der Waals surface area contributed by atoms with Crippen molar-refractivity contribution in [3.63, 3.8) is 0 Å². The van der Waals surface area contributed by atoms with Gasteiger partial charge in [0.15, 0.2) is 0 Å². The molecule has 0 radical (unpaired) electrons. The molecule has 1 saturated heterocycles. The zero-order valence-electron chi connectivity index (χ0n) is 12.4. The third-order valence-electron chi connectivity index (χ3n) is 4.74. The van der Waals surface area contributed by atoms with E-state index in [0.717, 1.165) is 50.5 Å². The Morgan fingerprint density at radius 1 is 1.28 bits per heavy atom. The molecule has 1 heterocycles. The minimum atomic E-state index is 0.254. The molecule has 0 unspecified atom stereocenters. The maximum Gasteiger partial charge on any atom is 0.222 e. The predicted octanol–water partition coefficient (Wildman–Crippen LogP) is 4.23. The van der Waals surface area contributed by atoms with E-state index in [1.54, 1.807) is 0 Å². The first kappa shape index (κ1) is 16.0. The Balaban J connectivity index is 2.73. The summed E-state index contributed by atoms with van der Waals surface area (Å²) < 4.78 is 0. The summed E-state index contributed by atoms with van der Waals surface area (Å²) in [6.45, 7) is 10.9. The molecule has 0 aromatic carbocycles. The van der Waals surface area contributed by atoms with E-state index in [0.29, 0.717) is 11.3 Å². The van der Waals surface area contributed by atoms with Crippen molar-refractivity contribution in [1.29, 1.82) is 0 Å². The molecular weight excluding hydrogens is 290 g/mol. The minimum Gasteiger partial charge on any atom is -0.342 e. The van der Waals surface area contributed by atoms with E-state index in [1.807, 2.05) is 0 Å². The Morgan fingerprint density at radius 3 is 2.39 bits per heavy atom. The average molecular weight is 318 g/mol. The molecule has 2 nitrogen and oxygen atoms in total. The zero-order valence-corrected chi connectivity index (χ0v) is 14.0. The van der Waals surface area contributed by atoms with Crippen molar-refractivity contribution in [1.82, 2.24) is 4.90 Å². The molecule has 1 amide bonds. The summed E-state index contributed by atoms with van der Waals surface area (Å²) in [6, 6.07) is 0. The van der Waals surface area contributed by atoms with Crippen molar-refractivity contribution in [2.75, 3.05) is 18.4 Å². The highest BCUT2D eigenvalue weighted by molar-refractivity contribution is 9.09. The number of carbonyl (C=O) groups is 1. The largest absolute Gasteiger partial charge is 0.342 e. The van der Waals surface area contributed by atoms with Crippen molar-refractivity contribution in [2.45, 2.75) is 59.8 Å². The Kier molecular flexibility index (Phi) is 5.69. The van der Waals surface area contributed by atoms with Crippen LogP contribution in [0.15, 0.2) is 0 Å². The molecule has 0 saturated carbocycles. The molecule has 3 heteroatoms. The van der Waals surface area contributed by atoms with Crippen LogP contribution >= 0.6 is 15.9 Å². The molecular formula is C15H28BrNO. The topological polar surface area (TPSA) is 20.3 Å². The van der Waals surface area contributed by atoms with Gasteiger partial charge in [0.05, 0.1) is 0 Å². The van der Waals surface area contributed by atoms with Gasteiger partial charge in [0.1, 0.15) is 0 Å². The number of halogens is 1. The number of carbonyl (C=O) groups excluding carboxylic acids is 1. The van der Waals surface area contributed by atoms with E-state index in [4.69, 9.17) is 0 Å². The van der Waals surface area contributed by atoms with Crippen LogP contribution in [-0.2, 0) is 4.79 Å². The molecule has 1 fully saturated rings. The van der Waals surface area contributed by atoms with Gasteiger partial charge >= 0.3 is 0 Å². The standard InChI is InChI=1S/C15H28BrNO/c1-5-15(6-2,11-16)12-17-10-9-14(3,4)8-7-13(17)18/h5-12H2,1-4H3. The molecule has 0 aromatic rings. The van der Waals surface area contributed by atoms with E-state index in [1.165, 1.54) is 0 Å². The van der Waals surface area contributed by atoms with Crippen LogP contribution in [0.4, 0.5) is 0 Å². The fraction of sp³-hybridized carbons (Fsp3) is 0.933. The smallest absolute Gasteiger partial charge is 0.222 e. The number of likely N-dealkylation sites (tertiary alicyclic amines) is 1. The Morgan fingerprint density at radius 2 is 1.89 bits per heavy atom. The molecule has 0 N–H and O–H groups in total. The Hall–Kier alpha value is -0.0500. The first-order valence-corrected chi connectivity index (χ1v) is 8.34. The SMILES string of the molecule is CCC(CC)(CBr)CN1CCC(C)(C)CCC1=O. The molecule has 0 spiro atoms. The first-order valence-electron chi connectivity index (χ1n) is 7.22. The van der Waals surface area contributed by atoms with Crippen molar-refractivity contribution in [3.05, 3.63) is 0 Å². The third-order valence-corrected chi connectivity index (χ3v) is 5.93. The average Bonchev–Trinajstić information content (AvgIpc) is 2.48. The van der Waals surface area contributed by atoms with E-state index < -0.39 is 0 Å². The lowest BCUT2D eigenvalue weighted by Gasteiger charge is -2.36. The van der Waals surface area contributed by atoms with Crippen molar-refractivity contribution in [3.8, 4) is 0 Å². The highest BCUT2D eigenvalue weighted by Crippen LogP contribution is 2.34. The van der Waals surface area contributed by atoms with Crippen LogP contribution < -0.4 is 0 Å². The lowest BCUT2D eigenvalue weighted by Crippen LogP contribution is -2.41. The van der Waals surface area contributed by atoms with Crippen LogP contribution in [0.1, 0.15) is 59.8 Å². The normalized spacial score (nSPS) is 20.9. The highest BCUT2D eigenvalue weighted by atomic mass is 79.9. The maximum absolute atomic E-state index is 12.2. The van der Waals surface area contributed by atoms with Gasteiger partial charge in [-0.2, -0.15) is 0 Å². The molecule has 1 aliphatic rings. The fourth-order valence-corrected chi connectivity index (χ4v) is 3.54. The van der Waals surface area contributed by atoms with Gasteiger partial charge in [0, 0.05) is 24.8 Å².